The summed E-state index contributed by atoms with van der Waals surface area (Å²) in [5, 5.41) is 0. The van der Waals surface area contributed by atoms with Crippen molar-refractivity contribution in [3.05, 3.63) is 0 Å². The molecule has 0 saturated heterocycles. The number of hydrogen-bond donors (Lipinski definition) is 0. The van der Waals surface area contributed by atoms with Gasteiger partial charge in [0.2, 0.25) is 0 Å². The maximum absolute atomic E-state index is 8.38. The molecule has 0 bridgehead atoms. The van der Waals surface area contributed by atoms with E-state index in [-0.39, 0.29) is 76.7 Å². The molecule has 0 fully saturated rings. The molecule has 5 heavy (non-hydrogen) atoms. The van der Waals surface area contributed by atoms with Crippen LogP contribution in [0.5, 0.6) is 0 Å². The van der Waals surface area contributed by atoms with Crippen LogP contribution >= 0.6 is 0 Å². The number of rotatable bonds is 0. The monoisotopic (exact) mass is 272 g/mol. The van der Waals surface area contributed by atoms with Crippen molar-refractivity contribution in [3.8, 4) is 0 Å². The molecule has 0 aromatic heterocycles. The Labute approximate surface area is 79.3 Å². The van der Waals surface area contributed by atoms with Crippen LogP contribution < -0.4 is 0 Å². The molecule has 1 nitrogen and oxygen atoms in total. The quantitative estimate of drug-likeness (QED) is 0.564. The van der Waals surface area contributed by atoms with E-state index in [1.165, 1.54) is 0 Å². The molecule has 14 valence electrons. The zero-order valence-corrected chi connectivity index (χ0v) is 15.1. The molecule has 0 saturated carbocycles. The Morgan fingerprint density at radius 2 is 0.800 bits per heavy atom. The molecule has 0 radical (unpaired) electrons. The van der Waals surface area contributed by atoms with Gasteiger partial charge >= 0.3 is 21.8 Å². The minimum absolute atomic E-state index is 0. The summed E-state index contributed by atoms with van der Waals surface area (Å²) in [7, 11) is 0. The van der Waals surface area contributed by atoms with Gasteiger partial charge in [0.05, 0.1) is 0 Å². The molecule has 0 rings (SSSR count). The molecule has 0 aliphatic rings. The Bertz CT molecular complexity index is 3.61. The van der Waals surface area contributed by atoms with Crippen LogP contribution in [0.3, 0.4) is 0 Å². The Morgan fingerprint density at radius 3 is 0.800 bits per heavy atom. The van der Waals surface area contributed by atoms with Crippen LogP contribution in [0.1, 0.15) is 0 Å². The predicted molar refractivity (Wildman–Crippen MR) is 0.686 cm³/mol. The van der Waals surface area contributed by atoms with Gasteiger partial charge < -0.3 is 0 Å². The molecule has 0 spiro atoms. The minimum Gasteiger partial charge on any atom is 0 e. The molecule has 5 heteroatoms. The van der Waals surface area contributed by atoms with Crippen LogP contribution in [0.4, 0.5) is 0 Å². The first-order valence-electron chi connectivity index (χ1n) is 0.289. The molecule has 0 heterocycles. The van der Waals surface area contributed by atoms with Crippen LogP contribution in [-0.4, -0.2) is 0 Å². The maximum atomic E-state index is 8.38. The van der Waals surface area contributed by atoms with Gasteiger partial charge in [0, 0.05) is 58.4 Å². The van der Waals surface area contributed by atoms with Crippen molar-refractivity contribution in [2.75, 3.05) is 0 Å². The molecule has 0 unspecified atom stereocenters. The average Bonchev–Trinajstić information content (AvgIpc) is 1.00. The molecule has 0 N–H and O–H groups in total. The summed E-state index contributed by atoms with van der Waals surface area (Å²) in [5.41, 5.74) is 0. The fraction of sp³-hybridized carbons (Fsp3) is 0. The first kappa shape index (κ1) is 26.6. The Balaban J connectivity index is -0.00000000167. The SMILES string of the molecule is [O]=[Zn].[Zn].[Zn].[Zn]. The predicted octanol–water partition coefficient (Wildman–Crippen LogP) is -0.129. The molecule has 0 aliphatic heterocycles. The van der Waals surface area contributed by atoms with Crippen molar-refractivity contribution in [2.45, 2.75) is 0 Å². The summed E-state index contributed by atoms with van der Waals surface area (Å²) < 4.78 is 8.38. The fourth-order valence-corrected chi connectivity index (χ4v) is 0. The smallest absolute Gasteiger partial charge is 0 e. The Morgan fingerprint density at radius 1 is 0.800 bits per heavy atom. The van der Waals surface area contributed by atoms with E-state index in [1.807, 2.05) is 0 Å². The van der Waals surface area contributed by atoms with Crippen molar-refractivity contribution >= 4 is 0 Å². The van der Waals surface area contributed by atoms with E-state index >= 15 is 0 Å². The summed E-state index contributed by atoms with van der Waals surface area (Å²) in [6.07, 6.45) is 0. The molecule has 0 atom stereocenters. The molecule has 0 amide bonds. The van der Waals surface area contributed by atoms with Crippen LogP contribution in [0, 0.1) is 0 Å². The zero-order chi connectivity index (χ0) is 2.00. The van der Waals surface area contributed by atoms with Crippen LogP contribution in [-0.2, 0) is 80.3 Å². The summed E-state index contributed by atoms with van der Waals surface area (Å²) >= 11 is 0.125. The summed E-state index contributed by atoms with van der Waals surface area (Å²) in [4.78, 5) is 0. The summed E-state index contributed by atoms with van der Waals surface area (Å²) in [5.74, 6) is 0. The van der Waals surface area contributed by atoms with Crippen molar-refractivity contribution in [3.63, 3.8) is 0 Å². The average molecular weight is 278 g/mol. The third-order valence-corrected chi connectivity index (χ3v) is 0. The third kappa shape index (κ3) is 22.1. The molecule has 0 aromatic carbocycles. The topological polar surface area (TPSA) is 17.1 Å². The van der Waals surface area contributed by atoms with Gasteiger partial charge in [-0.2, -0.15) is 0 Å². The normalized spacial score (nSPS) is 1.20. The van der Waals surface area contributed by atoms with E-state index in [0.29, 0.717) is 0 Å². The second kappa shape index (κ2) is 33.5. The first-order valence-corrected chi connectivity index (χ1v) is 1.50. The van der Waals surface area contributed by atoms with Gasteiger partial charge in [-0.1, -0.05) is 0 Å². The third-order valence-electron chi connectivity index (χ3n) is 0. The van der Waals surface area contributed by atoms with E-state index in [0.717, 1.165) is 0 Å². The van der Waals surface area contributed by atoms with Crippen LogP contribution in [0.2, 0.25) is 0 Å². The van der Waals surface area contributed by atoms with Gasteiger partial charge in [0.25, 0.3) is 0 Å². The van der Waals surface area contributed by atoms with Gasteiger partial charge in [-0.05, 0) is 0 Å². The van der Waals surface area contributed by atoms with Crippen molar-refractivity contribution in [1.82, 2.24) is 0 Å². The van der Waals surface area contributed by atoms with Crippen molar-refractivity contribution in [2.24, 2.45) is 0 Å². The van der Waals surface area contributed by atoms with Gasteiger partial charge in [0.1, 0.15) is 0 Å². The van der Waals surface area contributed by atoms with Gasteiger partial charge in [-0.3, -0.25) is 0 Å². The Kier molecular flexibility index (Phi) is 179. The van der Waals surface area contributed by atoms with E-state index in [9.17, 15) is 0 Å². The van der Waals surface area contributed by atoms with Crippen LogP contribution in [0.15, 0.2) is 0 Å². The molecule has 0 aromatic rings. The van der Waals surface area contributed by atoms with E-state index in [4.69, 9.17) is 3.57 Å². The maximum Gasteiger partial charge on any atom is 0 e. The summed E-state index contributed by atoms with van der Waals surface area (Å²) in [6.45, 7) is 0. The van der Waals surface area contributed by atoms with Crippen LogP contribution in [0.25, 0.3) is 0 Å². The second-order valence-electron chi connectivity index (χ2n) is 0. The van der Waals surface area contributed by atoms with Crippen molar-refractivity contribution < 1.29 is 80.3 Å². The minimum atomic E-state index is 0. The number of hydrogen-bond acceptors (Lipinski definition) is 1. The van der Waals surface area contributed by atoms with E-state index < -0.39 is 0 Å². The van der Waals surface area contributed by atoms with E-state index in [2.05, 4.69) is 0 Å². The molecular weight excluding hydrogens is 278 g/mol. The van der Waals surface area contributed by atoms with E-state index in [1.54, 1.807) is 0 Å². The van der Waals surface area contributed by atoms with Crippen molar-refractivity contribution in [1.29, 1.82) is 0 Å². The Hall–Kier alpha value is 2.29. The van der Waals surface area contributed by atoms with Gasteiger partial charge in [0.15, 0.2) is 0 Å². The fourth-order valence-electron chi connectivity index (χ4n) is 0. The van der Waals surface area contributed by atoms with Gasteiger partial charge in [-0.15, -0.1) is 0 Å². The second-order valence-corrected chi connectivity index (χ2v) is 0. The first-order chi connectivity index (χ1) is 1.00. The largest absolute Gasteiger partial charge is 0 e. The standard InChI is InChI=1S/O.4Zn. The molecular formula is OZn4. The molecule has 0 aliphatic carbocycles. The zero-order valence-electron chi connectivity index (χ0n) is 3.24. The summed E-state index contributed by atoms with van der Waals surface area (Å²) in [6, 6.07) is 0. The van der Waals surface area contributed by atoms with Gasteiger partial charge in [-0.25, -0.2) is 0 Å².